The quantitative estimate of drug-likeness (QED) is 0.882. The lowest BCUT2D eigenvalue weighted by Crippen LogP contribution is -2.20. The van der Waals surface area contributed by atoms with Gasteiger partial charge in [0.25, 0.3) is 0 Å². The first-order chi connectivity index (χ1) is 7.59. The van der Waals surface area contributed by atoms with Gasteiger partial charge in [0.05, 0.1) is 12.2 Å². The number of rotatable bonds is 2. The molecular formula is C12H14Br2O2. The molecule has 0 radical (unpaired) electrons. The number of hydrogen-bond donors (Lipinski definition) is 1. The van der Waals surface area contributed by atoms with Crippen LogP contribution >= 0.6 is 31.9 Å². The Kier molecular flexibility index (Phi) is 4.06. The van der Waals surface area contributed by atoms with Crippen molar-refractivity contribution in [1.29, 1.82) is 0 Å². The molecule has 1 aromatic rings. The number of aliphatic hydroxyl groups excluding tert-OH is 1. The molecule has 2 rings (SSSR count). The van der Waals surface area contributed by atoms with E-state index in [0.29, 0.717) is 0 Å². The maximum Gasteiger partial charge on any atom is 0.0855 e. The van der Waals surface area contributed by atoms with Gasteiger partial charge in [0, 0.05) is 21.5 Å². The SMILES string of the molecule is CC1OCCC1C(O)c1cc(Br)ccc1Br. The van der Waals surface area contributed by atoms with Gasteiger partial charge in [-0.3, -0.25) is 0 Å². The number of aliphatic hydroxyl groups is 1. The molecule has 16 heavy (non-hydrogen) atoms. The topological polar surface area (TPSA) is 29.5 Å². The first-order valence-corrected chi connectivity index (χ1v) is 6.93. The zero-order chi connectivity index (χ0) is 11.7. The minimum atomic E-state index is -0.468. The van der Waals surface area contributed by atoms with E-state index >= 15 is 0 Å². The summed E-state index contributed by atoms with van der Waals surface area (Å²) in [7, 11) is 0. The molecule has 3 atom stereocenters. The van der Waals surface area contributed by atoms with E-state index in [4.69, 9.17) is 4.74 Å². The lowest BCUT2D eigenvalue weighted by Gasteiger charge is -2.22. The van der Waals surface area contributed by atoms with E-state index in [1.807, 2.05) is 25.1 Å². The van der Waals surface area contributed by atoms with Crippen molar-refractivity contribution in [3.05, 3.63) is 32.7 Å². The van der Waals surface area contributed by atoms with Crippen molar-refractivity contribution in [2.24, 2.45) is 5.92 Å². The third kappa shape index (κ3) is 2.50. The van der Waals surface area contributed by atoms with Gasteiger partial charge in [-0.1, -0.05) is 31.9 Å². The lowest BCUT2D eigenvalue weighted by molar-refractivity contribution is 0.0428. The molecule has 1 N–H and O–H groups in total. The predicted octanol–water partition coefficient (Wildman–Crippen LogP) is 3.67. The largest absolute Gasteiger partial charge is 0.388 e. The molecule has 0 amide bonds. The third-order valence-electron chi connectivity index (χ3n) is 3.12. The van der Waals surface area contributed by atoms with Crippen LogP contribution in [0.4, 0.5) is 0 Å². The molecule has 0 saturated carbocycles. The van der Waals surface area contributed by atoms with Gasteiger partial charge in [-0.05, 0) is 37.1 Å². The summed E-state index contributed by atoms with van der Waals surface area (Å²) in [6, 6.07) is 5.86. The molecule has 0 spiro atoms. The summed E-state index contributed by atoms with van der Waals surface area (Å²) >= 11 is 6.90. The summed E-state index contributed by atoms with van der Waals surface area (Å²) < 4.78 is 7.42. The Morgan fingerprint density at radius 2 is 2.19 bits per heavy atom. The molecule has 1 fully saturated rings. The van der Waals surface area contributed by atoms with Gasteiger partial charge in [0.2, 0.25) is 0 Å². The van der Waals surface area contributed by atoms with E-state index < -0.39 is 6.10 Å². The minimum absolute atomic E-state index is 0.126. The van der Waals surface area contributed by atoms with Crippen LogP contribution in [-0.2, 0) is 4.74 Å². The van der Waals surface area contributed by atoms with Crippen molar-refractivity contribution in [3.63, 3.8) is 0 Å². The van der Waals surface area contributed by atoms with Crippen molar-refractivity contribution in [2.75, 3.05) is 6.61 Å². The number of benzene rings is 1. The van der Waals surface area contributed by atoms with E-state index in [2.05, 4.69) is 31.9 Å². The van der Waals surface area contributed by atoms with Crippen molar-refractivity contribution in [3.8, 4) is 0 Å². The van der Waals surface area contributed by atoms with Crippen LogP contribution in [0.15, 0.2) is 27.1 Å². The molecule has 0 aromatic heterocycles. The van der Waals surface area contributed by atoms with E-state index in [0.717, 1.165) is 27.5 Å². The highest BCUT2D eigenvalue weighted by Gasteiger charge is 2.32. The molecule has 4 heteroatoms. The van der Waals surface area contributed by atoms with Gasteiger partial charge < -0.3 is 9.84 Å². The molecule has 0 aliphatic carbocycles. The fraction of sp³-hybridized carbons (Fsp3) is 0.500. The summed E-state index contributed by atoms with van der Waals surface area (Å²) in [5.41, 5.74) is 0.928. The molecular weight excluding hydrogens is 336 g/mol. The van der Waals surface area contributed by atoms with Crippen LogP contribution < -0.4 is 0 Å². The van der Waals surface area contributed by atoms with E-state index in [-0.39, 0.29) is 12.0 Å². The highest BCUT2D eigenvalue weighted by Crippen LogP contribution is 2.37. The lowest BCUT2D eigenvalue weighted by atomic mass is 9.91. The molecule has 1 aliphatic rings. The zero-order valence-electron chi connectivity index (χ0n) is 8.99. The second-order valence-electron chi connectivity index (χ2n) is 4.14. The molecule has 0 bridgehead atoms. The van der Waals surface area contributed by atoms with Crippen molar-refractivity contribution >= 4 is 31.9 Å². The van der Waals surface area contributed by atoms with Gasteiger partial charge in [-0.2, -0.15) is 0 Å². The third-order valence-corrected chi connectivity index (χ3v) is 4.33. The van der Waals surface area contributed by atoms with E-state index in [1.54, 1.807) is 0 Å². The van der Waals surface area contributed by atoms with Crippen LogP contribution in [0.2, 0.25) is 0 Å². The Morgan fingerprint density at radius 1 is 1.44 bits per heavy atom. The van der Waals surface area contributed by atoms with Crippen LogP contribution in [0.3, 0.4) is 0 Å². The summed E-state index contributed by atoms with van der Waals surface area (Å²) in [6.45, 7) is 2.77. The van der Waals surface area contributed by atoms with Crippen LogP contribution in [-0.4, -0.2) is 17.8 Å². The highest BCUT2D eigenvalue weighted by atomic mass is 79.9. The summed E-state index contributed by atoms with van der Waals surface area (Å²) in [6.07, 6.45) is 0.576. The second kappa shape index (κ2) is 5.17. The first-order valence-electron chi connectivity index (χ1n) is 5.34. The zero-order valence-corrected chi connectivity index (χ0v) is 12.2. The van der Waals surface area contributed by atoms with Gasteiger partial charge >= 0.3 is 0 Å². The van der Waals surface area contributed by atoms with Gasteiger partial charge in [0.1, 0.15) is 0 Å². The van der Waals surface area contributed by atoms with Gasteiger partial charge in [-0.25, -0.2) is 0 Å². The van der Waals surface area contributed by atoms with Crippen LogP contribution in [0.25, 0.3) is 0 Å². The monoisotopic (exact) mass is 348 g/mol. The maximum absolute atomic E-state index is 10.4. The molecule has 2 nitrogen and oxygen atoms in total. The maximum atomic E-state index is 10.4. The second-order valence-corrected chi connectivity index (χ2v) is 5.91. The summed E-state index contributed by atoms with van der Waals surface area (Å²) in [4.78, 5) is 0. The van der Waals surface area contributed by atoms with Crippen molar-refractivity contribution in [1.82, 2.24) is 0 Å². The smallest absolute Gasteiger partial charge is 0.0855 e. The molecule has 1 aliphatic heterocycles. The molecule has 3 unspecified atom stereocenters. The van der Waals surface area contributed by atoms with Gasteiger partial charge in [0.15, 0.2) is 0 Å². The van der Waals surface area contributed by atoms with Crippen molar-refractivity contribution < 1.29 is 9.84 Å². The fourth-order valence-electron chi connectivity index (χ4n) is 2.13. The van der Waals surface area contributed by atoms with Gasteiger partial charge in [-0.15, -0.1) is 0 Å². The Labute approximate surface area is 112 Å². The normalized spacial score (nSPS) is 27.0. The Morgan fingerprint density at radius 3 is 2.81 bits per heavy atom. The Balaban J connectivity index is 2.25. The summed E-state index contributed by atoms with van der Waals surface area (Å²) in [5, 5.41) is 10.4. The molecule has 1 aromatic carbocycles. The molecule has 88 valence electrons. The van der Waals surface area contributed by atoms with Crippen LogP contribution in [0, 0.1) is 5.92 Å². The Hall–Kier alpha value is 0.1000. The molecule has 1 saturated heterocycles. The number of halogens is 2. The number of ether oxygens (including phenoxy) is 1. The average Bonchev–Trinajstić information content (AvgIpc) is 2.67. The first kappa shape index (κ1) is 12.6. The average molecular weight is 350 g/mol. The number of hydrogen-bond acceptors (Lipinski definition) is 2. The Bertz CT molecular complexity index is 381. The minimum Gasteiger partial charge on any atom is -0.388 e. The van der Waals surface area contributed by atoms with Crippen molar-refractivity contribution in [2.45, 2.75) is 25.6 Å². The van der Waals surface area contributed by atoms with E-state index in [9.17, 15) is 5.11 Å². The van der Waals surface area contributed by atoms with Crippen LogP contribution in [0.1, 0.15) is 25.0 Å². The molecule has 1 heterocycles. The van der Waals surface area contributed by atoms with E-state index in [1.165, 1.54) is 0 Å². The predicted molar refractivity (Wildman–Crippen MR) is 70.3 cm³/mol. The standard InChI is InChI=1S/C12H14Br2O2/c1-7-9(4-5-16-7)12(15)10-6-8(13)2-3-11(10)14/h2-3,6-7,9,12,15H,4-5H2,1H3. The highest BCUT2D eigenvalue weighted by molar-refractivity contribution is 9.11. The summed E-state index contributed by atoms with van der Waals surface area (Å²) in [5.74, 6) is 0.186. The van der Waals surface area contributed by atoms with Crippen LogP contribution in [0.5, 0.6) is 0 Å². The fourth-order valence-corrected chi connectivity index (χ4v) is 2.99.